The van der Waals surface area contributed by atoms with Crippen molar-refractivity contribution in [2.24, 2.45) is 0 Å². The summed E-state index contributed by atoms with van der Waals surface area (Å²) in [5, 5.41) is 11.0. The molecule has 0 N–H and O–H groups in total. The van der Waals surface area contributed by atoms with Crippen LogP contribution in [0, 0.1) is 0 Å². The fraction of sp³-hybridized carbons (Fsp3) is 0.462. The first kappa shape index (κ1) is 14.0. The molecule has 1 aromatic carbocycles. The van der Waals surface area contributed by atoms with Crippen LogP contribution in [0.3, 0.4) is 0 Å². The molecule has 0 unspecified atom stereocenters. The second-order valence-corrected chi connectivity index (χ2v) is 6.60. The summed E-state index contributed by atoms with van der Waals surface area (Å²) in [4.78, 5) is 10.9. The zero-order valence-corrected chi connectivity index (χ0v) is 11.5. The highest BCUT2D eigenvalue weighted by Crippen LogP contribution is 2.26. The van der Waals surface area contributed by atoms with E-state index in [-0.39, 0.29) is 16.5 Å². The van der Waals surface area contributed by atoms with Crippen molar-refractivity contribution in [1.29, 1.82) is 0 Å². The summed E-state index contributed by atoms with van der Waals surface area (Å²) in [6.45, 7) is 2.28. The first-order valence-electron chi connectivity index (χ1n) is 6.27. The van der Waals surface area contributed by atoms with Gasteiger partial charge < -0.3 is 9.90 Å². The summed E-state index contributed by atoms with van der Waals surface area (Å²) in [6.07, 6.45) is 2.60. The van der Waals surface area contributed by atoms with Crippen LogP contribution in [0.15, 0.2) is 29.2 Å². The summed E-state index contributed by atoms with van der Waals surface area (Å²) < 4.78 is 26.5. The largest absolute Gasteiger partial charge is 0.545 e. The Bertz CT molecular complexity index is 582. The van der Waals surface area contributed by atoms with E-state index in [2.05, 4.69) is 0 Å². The van der Waals surface area contributed by atoms with Crippen LogP contribution in [0.25, 0.3) is 0 Å². The zero-order chi connectivity index (χ0) is 14.0. The van der Waals surface area contributed by atoms with Gasteiger partial charge in [-0.25, -0.2) is 8.42 Å². The van der Waals surface area contributed by atoms with E-state index in [0.29, 0.717) is 6.54 Å². The molecule has 1 aromatic rings. The standard InChI is InChI=1S/C13H17NO4S/c1-10-6-4-5-9-14(10)19(17,18)12-8-3-2-7-11(12)13(15)16/h2-3,7-8,10H,4-6,9H2,1H3,(H,15,16)/p-1/t10-/m0/s1. The van der Waals surface area contributed by atoms with Gasteiger partial charge in [0.25, 0.3) is 0 Å². The number of nitrogens with zero attached hydrogens (tertiary/aromatic N) is 1. The van der Waals surface area contributed by atoms with Gasteiger partial charge in [-0.1, -0.05) is 24.6 Å². The van der Waals surface area contributed by atoms with E-state index >= 15 is 0 Å². The maximum absolute atomic E-state index is 12.6. The molecule has 0 aromatic heterocycles. The van der Waals surface area contributed by atoms with Crippen LogP contribution in [-0.2, 0) is 10.0 Å². The minimum atomic E-state index is -3.77. The zero-order valence-electron chi connectivity index (χ0n) is 10.7. The SMILES string of the molecule is C[C@H]1CCCCN1S(=O)(=O)c1ccccc1C(=O)[O-]. The number of carboxylic acids is 1. The highest BCUT2D eigenvalue weighted by atomic mass is 32.2. The molecule has 0 radical (unpaired) electrons. The van der Waals surface area contributed by atoms with Crippen LogP contribution in [0.1, 0.15) is 36.5 Å². The number of aromatic carboxylic acids is 1. The van der Waals surface area contributed by atoms with E-state index in [4.69, 9.17) is 0 Å². The molecule has 0 aliphatic carbocycles. The quantitative estimate of drug-likeness (QED) is 0.814. The van der Waals surface area contributed by atoms with Crippen molar-refractivity contribution < 1.29 is 18.3 Å². The van der Waals surface area contributed by atoms with Gasteiger partial charge in [0, 0.05) is 18.2 Å². The normalized spacial score (nSPS) is 21.2. The van der Waals surface area contributed by atoms with Gasteiger partial charge in [0.05, 0.1) is 10.9 Å². The van der Waals surface area contributed by atoms with E-state index in [1.807, 2.05) is 6.92 Å². The number of benzene rings is 1. The lowest BCUT2D eigenvalue weighted by atomic mass is 10.1. The Labute approximate surface area is 112 Å². The number of hydrogen-bond acceptors (Lipinski definition) is 4. The van der Waals surface area contributed by atoms with Crippen molar-refractivity contribution in [2.45, 2.75) is 37.1 Å². The second-order valence-electron chi connectivity index (χ2n) is 4.74. The van der Waals surface area contributed by atoms with Crippen LogP contribution >= 0.6 is 0 Å². The molecule has 0 saturated carbocycles. The molecule has 2 rings (SSSR count). The second kappa shape index (κ2) is 5.30. The van der Waals surface area contributed by atoms with E-state index in [1.54, 1.807) is 0 Å². The molecule has 1 heterocycles. The molecule has 1 fully saturated rings. The predicted molar refractivity (Wildman–Crippen MR) is 68.0 cm³/mol. The van der Waals surface area contributed by atoms with E-state index < -0.39 is 16.0 Å². The van der Waals surface area contributed by atoms with E-state index in [9.17, 15) is 18.3 Å². The molecule has 1 aliphatic rings. The molecule has 104 valence electrons. The van der Waals surface area contributed by atoms with Crippen molar-refractivity contribution >= 4 is 16.0 Å². The summed E-state index contributed by atoms with van der Waals surface area (Å²) in [5.41, 5.74) is -0.278. The average molecular weight is 282 g/mol. The van der Waals surface area contributed by atoms with Crippen LogP contribution in [0.4, 0.5) is 0 Å². The number of carboxylic acid groups (broad SMARTS) is 1. The average Bonchev–Trinajstić information content (AvgIpc) is 2.39. The van der Waals surface area contributed by atoms with Crippen molar-refractivity contribution in [2.75, 3.05) is 6.54 Å². The third-order valence-corrected chi connectivity index (χ3v) is 5.51. The number of hydrogen-bond donors (Lipinski definition) is 0. The lowest BCUT2D eigenvalue weighted by molar-refractivity contribution is -0.255. The minimum absolute atomic E-state index is 0.103. The smallest absolute Gasteiger partial charge is 0.243 e. The Hall–Kier alpha value is -1.40. The number of piperidine rings is 1. The Morgan fingerprint density at radius 3 is 2.63 bits per heavy atom. The van der Waals surface area contributed by atoms with Crippen molar-refractivity contribution in [3.8, 4) is 0 Å². The third kappa shape index (κ3) is 2.64. The Kier molecular flexibility index (Phi) is 3.91. The lowest BCUT2D eigenvalue weighted by Gasteiger charge is -2.32. The highest BCUT2D eigenvalue weighted by molar-refractivity contribution is 7.89. The molecule has 0 amide bonds. The fourth-order valence-corrected chi connectivity index (χ4v) is 4.30. The predicted octanol–water partition coefficient (Wildman–Crippen LogP) is 0.613. The molecular weight excluding hydrogens is 266 g/mol. The molecule has 0 bridgehead atoms. The number of carbonyl (C=O) groups is 1. The summed E-state index contributed by atoms with van der Waals surface area (Å²) in [7, 11) is -3.77. The van der Waals surface area contributed by atoms with Gasteiger partial charge in [0.2, 0.25) is 10.0 Å². The number of rotatable bonds is 3. The van der Waals surface area contributed by atoms with Crippen LogP contribution in [0.2, 0.25) is 0 Å². The van der Waals surface area contributed by atoms with Crippen LogP contribution in [0.5, 0.6) is 0 Å². The van der Waals surface area contributed by atoms with Crippen LogP contribution < -0.4 is 5.11 Å². The van der Waals surface area contributed by atoms with Gasteiger partial charge >= 0.3 is 0 Å². The molecule has 6 heteroatoms. The first-order chi connectivity index (χ1) is 8.94. The molecule has 19 heavy (non-hydrogen) atoms. The molecule has 1 saturated heterocycles. The van der Waals surface area contributed by atoms with Crippen molar-refractivity contribution in [3.05, 3.63) is 29.8 Å². The Morgan fingerprint density at radius 2 is 2.00 bits per heavy atom. The fourth-order valence-electron chi connectivity index (χ4n) is 2.42. The maximum atomic E-state index is 12.6. The summed E-state index contributed by atoms with van der Waals surface area (Å²) >= 11 is 0. The minimum Gasteiger partial charge on any atom is -0.545 e. The Morgan fingerprint density at radius 1 is 1.32 bits per heavy atom. The lowest BCUT2D eigenvalue weighted by Crippen LogP contribution is -2.42. The summed E-state index contributed by atoms with van der Waals surface area (Å²) in [6, 6.07) is 5.49. The molecule has 1 aliphatic heterocycles. The van der Waals surface area contributed by atoms with Crippen molar-refractivity contribution in [1.82, 2.24) is 4.31 Å². The summed E-state index contributed by atoms with van der Waals surface area (Å²) in [5.74, 6) is -1.47. The van der Waals surface area contributed by atoms with E-state index in [1.165, 1.54) is 28.6 Å². The molecule has 1 atom stereocenters. The molecular formula is C13H16NO4S-. The molecule has 0 spiro atoms. The van der Waals surface area contributed by atoms with Crippen LogP contribution in [-0.4, -0.2) is 31.3 Å². The number of sulfonamides is 1. The van der Waals surface area contributed by atoms with Gasteiger partial charge in [-0.3, -0.25) is 0 Å². The third-order valence-electron chi connectivity index (χ3n) is 3.44. The first-order valence-corrected chi connectivity index (χ1v) is 7.71. The van der Waals surface area contributed by atoms with Gasteiger partial charge in [-0.15, -0.1) is 0 Å². The highest BCUT2D eigenvalue weighted by Gasteiger charge is 2.32. The van der Waals surface area contributed by atoms with Gasteiger partial charge in [-0.05, 0) is 25.8 Å². The van der Waals surface area contributed by atoms with Gasteiger partial charge in [0.1, 0.15) is 0 Å². The van der Waals surface area contributed by atoms with Gasteiger partial charge in [0.15, 0.2) is 0 Å². The number of carbonyl (C=O) groups excluding carboxylic acids is 1. The van der Waals surface area contributed by atoms with Crippen molar-refractivity contribution in [3.63, 3.8) is 0 Å². The van der Waals surface area contributed by atoms with Gasteiger partial charge in [-0.2, -0.15) is 4.31 Å². The molecule has 5 nitrogen and oxygen atoms in total. The topological polar surface area (TPSA) is 77.5 Å². The maximum Gasteiger partial charge on any atom is 0.243 e. The monoisotopic (exact) mass is 282 g/mol. The Balaban J connectivity index is 2.47. The van der Waals surface area contributed by atoms with E-state index in [0.717, 1.165) is 19.3 Å².